The molecule has 0 fully saturated rings. The SMILES string of the molecule is CCCN(CCC(=O)O)c1cccnc1Cl. The summed E-state index contributed by atoms with van der Waals surface area (Å²) in [5.74, 6) is -0.805. The third-order valence-electron chi connectivity index (χ3n) is 2.17. The largest absolute Gasteiger partial charge is 0.481 e. The topological polar surface area (TPSA) is 53.4 Å². The smallest absolute Gasteiger partial charge is 0.305 e. The van der Waals surface area contributed by atoms with Crippen LogP contribution in [0, 0.1) is 0 Å². The van der Waals surface area contributed by atoms with E-state index in [0.717, 1.165) is 18.7 Å². The molecule has 1 heterocycles. The van der Waals surface area contributed by atoms with E-state index in [4.69, 9.17) is 16.7 Å². The summed E-state index contributed by atoms with van der Waals surface area (Å²) in [6.07, 6.45) is 2.66. The van der Waals surface area contributed by atoms with Crippen LogP contribution in [0.15, 0.2) is 18.3 Å². The van der Waals surface area contributed by atoms with Crippen molar-refractivity contribution in [3.63, 3.8) is 0 Å². The predicted molar refractivity (Wildman–Crippen MR) is 64.0 cm³/mol. The van der Waals surface area contributed by atoms with E-state index in [1.807, 2.05) is 17.9 Å². The van der Waals surface area contributed by atoms with Gasteiger partial charge in [-0.2, -0.15) is 0 Å². The maximum Gasteiger partial charge on any atom is 0.305 e. The van der Waals surface area contributed by atoms with Crippen molar-refractivity contribution in [2.45, 2.75) is 19.8 Å². The zero-order chi connectivity index (χ0) is 12.0. The molecule has 0 saturated carbocycles. The summed E-state index contributed by atoms with van der Waals surface area (Å²) in [6.45, 7) is 3.27. The molecule has 0 spiro atoms. The van der Waals surface area contributed by atoms with Gasteiger partial charge in [0.25, 0.3) is 0 Å². The predicted octanol–water partition coefficient (Wildman–Crippen LogP) is 2.43. The van der Waals surface area contributed by atoms with Gasteiger partial charge in [0.15, 0.2) is 5.15 Å². The number of carboxylic acids is 1. The molecule has 88 valence electrons. The number of aliphatic carboxylic acids is 1. The number of hydrogen-bond donors (Lipinski definition) is 1. The summed E-state index contributed by atoms with van der Waals surface area (Å²) in [5, 5.41) is 9.09. The third-order valence-corrected chi connectivity index (χ3v) is 2.46. The number of rotatable bonds is 6. The normalized spacial score (nSPS) is 10.1. The second-order valence-corrected chi connectivity index (χ2v) is 3.80. The quantitative estimate of drug-likeness (QED) is 0.779. The highest BCUT2D eigenvalue weighted by molar-refractivity contribution is 6.32. The molecule has 5 heteroatoms. The van der Waals surface area contributed by atoms with E-state index < -0.39 is 5.97 Å². The van der Waals surface area contributed by atoms with Crippen LogP contribution in [0.4, 0.5) is 5.69 Å². The van der Waals surface area contributed by atoms with Crippen molar-refractivity contribution >= 4 is 23.3 Å². The molecule has 16 heavy (non-hydrogen) atoms. The molecule has 1 N–H and O–H groups in total. The average molecular weight is 243 g/mol. The lowest BCUT2D eigenvalue weighted by molar-refractivity contribution is -0.136. The van der Waals surface area contributed by atoms with Crippen LogP contribution in [0.5, 0.6) is 0 Å². The Morgan fingerprint density at radius 1 is 1.56 bits per heavy atom. The zero-order valence-corrected chi connectivity index (χ0v) is 9.94. The Kier molecular flexibility index (Phi) is 5.05. The molecular formula is C11H15ClN2O2. The first-order chi connectivity index (χ1) is 7.65. The molecule has 0 atom stereocenters. The lowest BCUT2D eigenvalue weighted by atomic mass is 10.3. The minimum atomic E-state index is -0.805. The molecule has 0 bridgehead atoms. The minimum absolute atomic E-state index is 0.102. The van der Waals surface area contributed by atoms with Gasteiger partial charge in [-0.25, -0.2) is 4.98 Å². The van der Waals surface area contributed by atoms with Crippen molar-refractivity contribution in [3.05, 3.63) is 23.5 Å². The van der Waals surface area contributed by atoms with Gasteiger partial charge in [-0.3, -0.25) is 4.79 Å². The average Bonchev–Trinajstić information content (AvgIpc) is 2.25. The number of aromatic nitrogens is 1. The molecule has 0 amide bonds. The van der Waals surface area contributed by atoms with Crippen molar-refractivity contribution in [2.24, 2.45) is 0 Å². The fourth-order valence-corrected chi connectivity index (χ4v) is 1.71. The first-order valence-corrected chi connectivity index (χ1v) is 5.60. The number of carboxylic acid groups (broad SMARTS) is 1. The van der Waals surface area contributed by atoms with Gasteiger partial charge in [-0.1, -0.05) is 18.5 Å². The molecule has 1 rings (SSSR count). The van der Waals surface area contributed by atoms with Crippen LogP contribution in [0.2, 0.25) is 5.15 Å². The van der Waals surface area contributed by atoms with Crippen molar-refractivity contribution < 1.29 is 9.90 Å². The van der Waals surface area contributed by atoms with Crippen molar-refractivity contribution in [3.8, 4) is 0 Å². The van der Waals surface area contributed by atoms with Crippen LogP contribution in [0.3, 0.4) is 0 Å². The number of pyridine rings is 1. The summed E-state index contributed by atoms with van der Waals surface area (Å²) in [5.41, 5.74) is 0.798. The van der Waals surface area contributed by atoms with Gasteiger partial charge in [0.05, 0.1) is 12.1 Å². The number of halogens is 1. The van der Waals surface area contributed by atoms with Crippen LogP contribution in [-0.2, 0) is 4.79 Å². The molecule has 0 radical (unpaired) electrons. The van der Waals surface area contributed by atoms with Gasteiger partial charge in [0.1, 0.15) is 0 Å². The first kappa shape index (κ1) is 12.8. The third kappa shape index (κ3) is 3.70. The Bertz CT molecular complexity index is 358. The summed E-state index contributed by atoms with van der Waals surface area (Å²) in [4.78, 5) is 16.5. The van der Waals surface area contributed by atoms with Gasteiger partial charge < -0.3 is 10.0 Å². The van der Waals surface area contributed by atoms with Gasteiger partial charge in [-0.15, -0.1) is 0 Å². The molecule has 0 aliphatic carbocycles. The second-order valence-electron chi connectivity index (χ2n) is 3.44. The fraction of sp³-hybridized carbons (Fsp3) is 0.455. The van der Waals surface area contributed by atoms with Crippen molar-refractivity contribution in [1.82, 2.24) is 4.98 Å². The number of anilines is 1. The van der Waals surface area contributed by atoms with E-state index in [9.17, 15) is 4.79 Å². The molecule has 1 aromatic rings. The van der Waals surface area contributed by atoms with E-state index in [2.05, 4.69) is 4.98 Å². The standard InChI is InChI=1S/C11H15ClN2O2/c1-2-7-14(8-5-10(15)16)9-4-3-6-13-11(9)12/h3-4,6H,2,5,7-8H2,1H3,(H,15,16). The summed E-state index contributed by atoms with van der Waals surface area (Å²) >= 11 is 5.97. The minimum Gasteiger partial charge on any atom is -0.481 e. The molecule has 0 saturated heterocycles. The number of carbonyl (C=O) groups is 1. The van der Waals surface area contributed by atoms with Gasteiger partial charge in [0, 0.05) is 19.3 Å². The highest BCUT2D eigenvalue weighted by Gasteiger charge is 2.11. The van der Waals surface area contributed by atoms with Gasteiger partial charge in [0.2, 0.25) is 0 Å². The summed E-state index contributed by atoms with van der Waals surface area (Å²) in [6, 6.07) is 3.65. The highest BCUT2D eigenvalue weighted by atomic mass is 35.5. The molecule has 0 aromatic carbocycles. The first-order valence-electron chi connectivity index (χ1n) is 5.22. The lowest BCUT2D eigenvalue weighted by Gasteiger charge is -2.23. The number of hydrogen-bond acceptors (Lipinski definition) is 3. The van der Waals surface area contributed by atoms with Crippen molar-refractivity contribution in [2.75, 3.05) is 18.0 Å². The Balaban J connectivity index is 2.76. The van der Waals surface area contributed by atoms with E-state index >= 15 is 0 Å². The highest BCUT2D eigenvalue weighted by Crippen LogP contribution is 2.23. The van der Waals surface area contributed by atoms with E-state index in [1.165, 1.54) is 0 Å². The van der Waals surface area contributed by atoms with Crippen LogP contribution in [0.1, 0.15) is 19.8 Å². The van der Waals surface area contributed by atoms with Crippen LogP contribution >= 0.6 is 11.6 Å². The molecule has 4 nitrogen and oxygen atoms in total. The maximum absolute atomic E-state index is 10.5. The summed E-state index contributed by atoms with van der Waals surface area (Å²) in [7, 11) is 0. The fourth-order valence-electron chi connectivity index (χ4n) is 1.47. The Morgan fingerprint density at radius 2 is 2.31 bits per heavy atom. The number of nitrogens with zero attached hydrogens (tertiary/aromatic N) is 2. The summed E-state index contributed by atoms with van der Waals surface area (Å²) < 4.78 is 0. The Hall–Kier alpha value is -1.29. The van der Waals surface area contributed by atoms with Crippen LogP contribution in [0.25, 0.3) is 0 Å². The molecule has 0 unspecified atom stereocenters. The maximum atomic E-state index is 10.5. The van der Waals surface area contributed by atoms with Gasteiger partial charge in [-0.05, 0) is 18.6 Å². The molecule has 0 aliphatic heterocycles. The Morgan fingerprint density at radius 3 is 2.88 bits per heavy atom. The lowest BCUT2D eigenvalue weighted by Crippen LogP contribution is -2.27. The second kappa shape index (κ2) is 6.33. The van der Waals surface area contributed by atoms with Crippen molar-refractivity contribution in [1.29, 1.82) is 0 Å². The monoisotopic (exact) mass is 242 g/mol. The van der Waals surface area contributed by atoms with Crippen LogP contribution < -0.4 is 4.90 Å². The Labute approximate surface area is 99.9 Å². The zero-order valence-electron chi connectivity index (χ0n) is 9.19. The van der Waals surface area contributed by atoms with E-state index in [0.29, 0.717) is 11.7 Å². The van der Waals surface area contributed by atoms with Gasteiger partial charge >= 0.3 is 5.97 Å². The van der Waals surface area contributed by atoms with E-state index in [-0.39, 0.29) is 6.42 Å². The van der Waals surface area contributed by atoms with Crippen LogP contribution in [-0.4, -0.2) is 29.1 Å². The molecule has 0 aliphatic rings. The van der Waals surface area contributed by atoms with E-state index in [1.54, 1.807) is 12.3 Å². The molecule has 1 aromatic heterocycles. The molecular weight excluding hydrogens is 228 g/mol.